The Balaban J connectivity index is 2.03. The summed E-state index contributed by atoms with van der Waals surface area (Å²) >= 11 is 0. The summed E-state index contributed by atoms with van der Waals surface area (Å²) in [5.74, 6) is 0.394. The number of nitrogens with zero attached hydrogens (tertiary/aromatic N) is 1. The van der Waals surface area contributed by atoms with E-state index in [4.69, 9.17) is 9.15 Å². The summed E-state index contributed by atoms with van der Waals surface area (Å²) in [7, 11) is 3.38. The minimum absolute atomic E-state index is 0.322. The molecule has 1 saturated heterocycles. The van der Waals surface area contributed by atoms with Crippen LogP contribution in [0, 0.1) is 0 Å². The van der Waals surface area contributed by atoms with Gasteiger partial charge in [0.25, 0.3) is 0 Å². The molecule has 0 aromatic carbocycles. The average molecular weight is 280 g/mol. The van der Waals surface area contributed by atoms with Crippen LogP contribution < -0.4 is 5.32 Å². The van der Waals surface area contributed by atoms with E-state index in [1.807, 2.05) is 7.05 Å². The maximum Gasteiger partial charge on any atom is 0.341 e. The molecule has 2 rings (SSSR count). The molecule has 0 bridgehead atoms. The quantitative estimate of drug-likeness (QED) is 0.808. The maximum absolute atomic E-state index is 11.7. The van der Waals surface area contributed by atoms with E-state index in [1.54, 1.807) is 12.3 Å². The smallest absolute Gasteiger partial charge is 0.341 e. The van der Waals surface area contributed by atoms with Gasteiger partial charge in [0.05, 0.1) is 19.9 Å². The Morgan fingerprint density at radius 3 is 3.15 bits per heavy atom. The Bertz CT molecular complexity index is 431. The van der Waals surface area contributed by atoms with E-state index < -0.39 is 0 Å². The van der Waals surface area contributed by atoms with Crippen LogP contribution in [-0.2, 0) is 11.3 Å². The van der Waals surface area contributed by atoms with Gasteiger partial charge in [0, 0.05) is 6.04 Å². The zero-order valence-electron chi connectivity index (χ0n) is 12.4. The molecule has 0 aliphatic carbocycles. The SMILES string of the molecule is CNCCC1CCCCN1Cc1occc1C(=O)OC. The highest BCUT2D eigenvalue weighted by Crippen LogP contribution is 2.23. The van der Waals surface area contributed by atoms with E-state index in [9.17, 15) is 4.79 Å². The van der Waals surface area contributed by atoms with E-state index in [2.05, 4.69) is 10.2 Å². The van der Waals surface area contributed by atoms with Gasteiger partial charge < -0.3 is 14.5 Å². The van der Waals surface area contributed by atoms with Crippen LogP contribution in [0.4, 0.5) is 0 Å². The summed E-state index contributed by atoms with van der Waals surface area (Å²) < 4.78 is 10.3. The van der Waals surface area contributed by atoms with Crippen molar-refractivity contribution >= 4 is 5.97 Å². The fraction of sp³-hybridized carbons (Fsp3) is 0.667. The minimum atomic E-state index is -0.322. The topological polar surface area (TPSA) is 54.7 Å². The van der Waals surface area contributed by atoms with Gasteiger partial charge in [-0.3, -0.25) is 4.90 Å². The summed E-state index contributed by atoms with van der Waals surface area (Å²) in [5, 5.41) is 3.21. The van der Waals surface area contributed by atoms with Gasteiger partial charge in [-0.1, -0.05) is 6.42 Å². The molecule has 1 aromatic heterocycles. The summed E-state index contributed by atoms with van der Waals surface area (Å²) in [6, 6.07) is 2.25. The van der Waals surface area contributed by atoms with E-state index in [1.165, 1.54) is 26.4 Å². The second-order valence-electron chi connectivity index (χ2n) is 5.26. The minimum Gasteiger partial charge on any atom is -0.467 e. The normalized spacial score (nSPS) is 20.0. The van der Waals surface area contributed by atoms with Gasteiger partial charge in [-0.15, -0.1) is 0 Å². The lowest BCUT2D eigenvalue weighted by molar-refractivity contribution is 0.0592. The highest BCUT2D eigenvalue weighted by Gasteiger charge is 2.25. The lowest BCUT2D eigenvalue weighted by atomic mass is 9.99. The van der Waals surface area contributed by atoms with Crippen molar-refractivity contribution in [3.63, 3.8) is 0 Å². The third kappa shape index (κ3) is 3.61. The van der Waals surface area contributed by atoms with E-state index in [-0.39, 0.29) is 5.97 Å². The van der Waals surface area contributed by atoms with E-state index in [0.717, 1.165) is 19.5 Å². The van der Waals surface area contributed by atoms with Crippen molar-refractivity contribution in [1.82, 2.24) is 10.2 Å². The number of ether oxygens (including phenoxy) is 1. The first kappa shape index (κ1) is 15.1. The molecule has 1 aliphatic heterocycles. The van der Waals surface area contributed by atoms with Crippen molar-refractivity contribution in [2.24, 2.45) is 0 Å². The molecule has 0 radical (unpaired) electrons. The molecule has 112 valence electrons. The fourth-order valence-corrected chi connectivity index (χ4v) is 2.85. The number of piperidine rings is 1. The Morgan fingerprint density at radius 1 is 1.55 bits per heavy atom. The third-order valence-electron chi connectivity index (χ3n) is 3.97. The number of methoxy groups -OCH3 is 1. The van der Waals surface area contributed by atoms with E-state index >= 15 is 0 Å². The molecule has 1 atom stereocenters. The second kappa shape index (κ2) is 7.45. The molecule has 5 heteroatoms. The molecule has 20 heavy (non-hydrogen) atoms. The van der Waals surface area contributed by atoms with Crippen LogP contribution in [0.1, 0.15) is 41.8 Å². The number of hydrogen-bond donors (Lipinski definition) is 1. The molecule has 1 aromatic rings. The van der Waals surface area contributed by atoms with Crippen molar-refractivity contribution in [2.45, 2.75) is 38.3 Å². The first-order chi connectivity index (χ1) is 9.76. The average Bonchev–Trinajstić information content (AvgIpc) is 2.93. The van der Waals surface area contributed by atoms with Crippen LogP contribution in [0.25, 0.3) is 0 Å². The van der Waals surface area contributed by atoms with Gasteiger partial charge in [0.1, 0.15) is 11.3 Å². The molecular weight excluding hydrogens is 256 g/mol. The van der Waals surface area contributed by atoms with Crippen molar-refractivity contribution < 1.29 is 13.9 Å². The molecule has 1 aliphatic rings. The molecule has 2 heterocycles. The molecule has 1 fully saturated rings. The van der Waals surface area contributed by atoms with Gasteiger partial charge >= 0.3 is 5.97 Å². The molecule has 5 nitrogen and oxygen atoms in total. The van der Waals surface area contributed by atoms with Crippen LogP contribution in [0.15, 0.2) is 16.7 Å². The summed E-state index contributed by atoms with van der Waals surface area (Å²) in [5.41, 5.74) is 0.547. The molecule has 0 spiro atoms. The standard InChI is InChI=1S/C15H24N2O3/c1-16-8-6-12-5-3-4-9-17(12)11-14-13(7-10-20-14)15(18)19-2/h7,10,12,16H,3-6,8-9,11H2,1-2H3. The second-order valence-corrected chi connectivity index (χ2v) is 5.26. The first-order valence-electron chi connectivity index (χ1n) is 7.29. The van der Waals surface area contributed by atoms with Gasteiger partial charge in [-0.2, -0.15) is 0 Å². The molecule has 0 amide bonds. The molecule has 1 unspecified atom stereocenters. The highest BCUT2D eigenvalue weighted by atomic mass is 16.5. The van der Waals surface area contributed by atoms with Crippen LogP contribution in [-0.4, -0.2) is 44.2 Å². The first-order valence-corrected chi connectivity index (χ1v) is 7.29. The zero-order chi connectivity index (χ0) is 14.4. The van der Waals surface area contributed by atoms with Crippen molar-refractivity contribution in [3.05, 3.63) is 23.7 Å². The number of likely N-dealkylation sites (tertiary alicyclic amines) is 1. The van der Waals surface area contributed by atoms with Crippen LogP contribution in [0.2, 0.25) is 0 Å². The number of rotatable bonds is 6. The number of furan rings is 1. The Hall–Kier alpha value is -1.33. The number of carbonyl (C=O) groups is 1. The number of carbonyl (C=O) groups excluding carboxylic acids is 1. The fourth-order valence-electron chi connectivity index (χ4n) is 2.85. The van der Waals surface area contributed by atoms with Crippen molar-refractivity contribution in [1.29, 1.82) is 0 Å². The number of esters is 1. The highest BCUT2D eigenvalue weighted by molar-refractivity contribution is 5.90. The summed E-state index contributed by atoms with van der Waals surface area (Å²) in [6.45, 7) is 2.77. The largest absolute Gasteiger partial charge is 0.467 e. The predicted molar refractivity (Wildman–Crippen MR) is 76.6 cm³/mol. The van der Waals surface area contributed by atoms with Crippen LogP contribution in [0.5, 0.6) is 0 Å². The molecule has 1 N–H and O–H groups in total. The Kier molecular flexibility index (Phi) is 5.61. The summed E-state index contributed by atoms with van der Waals surface area (Å²) in [6.07, 6.45) is 6.41. The third-order valence-corrected chi connectivity index (χ3v) is 3.97. The van der Waals surface area contributed by atoms with Crippen LogP contribution >= 0.6 is 0 Å². The van der Waals surface area contributed by atoms with Crippen molar-refractivity contribution in [2.75, 3.05) is 27.2 Å². The number of nitrogens with one attached hydrogen (secondary N) is 1. The lowest BCUT2D eigenvalue weighted by Gasteiger charge is -2.35. The monoisotopic (exact) mass is 280 g/mol. The predicted octanol–water partition coefficient (Wildman–Crippen LogP) is 2.03. The van der Waals surface area contributed by atoms with Gasteiger partial charge in [0.15, 0.2) is 0 Å². The Labute approximate surface area is 120 Å². The number of hydrogen-bond acceptors (Lipinski definition) is 5. The van der Waals surface area contributed by atoms with Gasteiger partial charge in [-0.05, 0) is 45.5 Å². The molecular formula is C15H24N2O3. The lowest BCUT2D eigenvalue weighted by Crippen LogP contribution is -2.40. The Morgan fingerprint density at radius 2 is 2.40 bits per heavy atom. The van der Waals surface area contributed by atoms with Gasteiger partial charge in [-0.25, -0.2) is 4.79 Å². The maximum atomic E-state index is 11.7. The zero-order valence-corrected chi connectivity index (χ0v) is 12.4. The molecule has 0 saturated carbocycles. The van der Waals surface area contributed by atoms with Gasteiger partial charge in [0.2, 0.25) is 0 Å². The summed E-state index contributed by atoms with van der Waals surface area (Å²) in [4.78, 5) is 14.1. The van der Waals surface area contributed by atoms with Crippen LogP contribution in [0.3, 0.4) is 0 Å². The van der Waals surface area contributed by atoms with E-state index in [0.29, 0.717) is 23.9 Å². The van der Waals surface area contributed by atoms with Crippen molar-refractivity contribution in [3.8, 4) is 0 Å².